The molecule has 0 fully saturated rings. The van der Waals surface area contributed by atoms with Crippen molar-refractivity contribution in [3.8, 4) is 0 Å². The van der Waals surface area contributed by atoms with Crippen LogP contribution in [0, 0.1) is 0 Å². The summed E-state index contributed by atoms with van der Waals surface area (Å²) < 4.78 is 0. The first kappa shape index (κ1) is 13.4. The predicted molar refractivity (Wildman–Crippen MR) is 62.0 cm³/mol. The zero-order valence-electron chi connectivity index (χ0n) is 8.97. The van der Waals surface area contributed by atoms with E-state index in [1.54, 1.807) is 0 Å². The number of nitrogens with one attached hydrogen (secondary N) is 2. The third-order valence-electron chi connectivity index (χ3n) is 1.81. The molecule has 0 aliphatic rings. The summed E-state index contributed by atoms with van der Waals surface area (Å²) in [6.07, 6.45) is 7.27. The van der Waals surface area contributed by atoms with E-state index in [9.17, 15) is 0 Å². The Balaban J connectivity index is 2.96. The van der Waals surface area contributed by atoms with Crippen LogP contribution in [0.5, 0.6) is 0 Å². The van der Waals surface area contributed by atoms with Crippen LogP contribution in [0.1, 0.15) is 19.3 Å². The molecule has 4 nitrogen and oxygen atoms in total. The molecule has 0 aromatic rings. The lowest BCUT2D eigenvalue weighted by molar-refractivity contribution is 0.657. The van der Waals surface area contributed by atoms with Crippen LogP contribution in [0.3, 0.4) is 0 Å². The molecule has 0 amide bonds. The van der Waals surface area contributed by atoms with E-state index in [1.165, 1.54) is 0 Å². The molecule has 0 bridgehead atoms. The zero-order chi connectivity index (χ0) is 10.5. The lowest BCUT2D eigenvalue weighted by Crippen LogP contribution is -2.19. The van der Waals surface area contributed by atoms with Crippen LogP contribution in [-0.2, 0) is 0 Å². The van der Waals surface area contributed by atoms with Crippen molar-refractivity contribution >= 4 is 0 Å². The zero-order valence-corrected chi connectivity index (χ0v) is 8.97. The highest BCUT2D eigenvalue weighted by Gasteiger charge is 1.83. The number of nitrogens with two attached hydrogens (primary N) is 2. The number of hydrogen-bond donors (Lipinski definition) is 4. The summed E-state index contributed by atoms with van der Waals surface area (Å²) in [6.45, 7) is 4.53. The van der Waals surface area contributed by atoms with Crippen molar-refractivity contribution in [2.45, 2.75) is 19.3 Å². The molecule has 0 aliphatic carbocycles. The highest BCUT2D eigenvalue weighted by atomic mass is 14.9. The van der Waals surface area contributed by atoms with Crippen LogP contribution in [0.2, 0.25) is 0 Å². The average molecular weight is 200 g/mol. The topological polar surface area (TPSA) is 76.1 Å². The Labute approximate surface area is 87.1 Å². The van der Waals surface area contributed by atoms with Gasteiger partial charge in [0.15, 0.2) is 0 Å². The average Bonchev–Trinajstić information content (AvgIpc) is 2.21. The molecule has 84 valence electrons. The molecule has 0 unspecified atom stereocenters. The van der Waals surface area contributed by atoms with Gasteiger partial charge >= 0.3 is 0 Å². The Morgan fingerprint density at radius 3 is 2.36 bits per heavy atom. The Hall–Kier alpha value is -0.580. The van der Waals surface area contributed by atoms with Crippen molar-refractivity contribution < 1.29 is 0 Å². The van der Waals surface area contributed by atoms with Crippen molar-refractivity contribution in [2.24, 2.45) is 11.5 Å². The van der Waals surface area contributed by atoms with Gasteiger partial charge in [0.1, 0.15) is 0 Å². The lowest BCUT2D eigenvalue weighted by Gasteiger charge is -2.00. The largest absolute Gasteiger partial charge is 0.391 e. The van der Waals surface area contributed by atoms with Crippen molar-refractivity contribution in [2.75, 3.05) is 32.7 Å². The first-order valence-electron chi connectivity index (χ1n) is 5.41. The second-order valence-corrected chi connectivity index (χ2v) is 3.18. The minimum atomic E-state index is 0.751. The van der Waals surface area contributed by atoms with Crippen LogP contribution >= 0.6 is 0 Å². The summed E-state index contributed by atoms with van der Waals surface area (Å²) in [5, 5.41) is 6.49. The molecule has 0 heterocycles. The SMILES string of the molecule is NCCCN/C=C/CCNCCCN. The Morgan fingerprint density at radius 2 is 1.64 bits per heavy atom. The maximum Gasteiger partial charge on any atom is 0.0153 e. The molecule has 0 saturated heterocycles. The van der Waals surface area contributed by atoms with Crippen LogP contribution < -0.4 is 22.1 Å². The molecule has 14 heavy (non-hydrogen) atoms. The van der Waals surface area contributed by atoms with Gasteiger partial charge < -0.3 is 22.1 Å². The fourth-order valence-corrected chi connectivity index (χ4v) is 0.992. The molecule has 0 saturated carbocycles. The molecule has 0 aromatic heterocycles. The second-order valence-electron chi connectivity index (χ2n) is 3.18. The van der Waals surface area contributed by atoms with E-state index >= 15 is 0 Å². The lowest BCUT2D eigenvalue weighted by atomic mass is 10.3. The molecule has 0 atom stereocenters. The van der Waals surface area contributed by atoms with Gasteiger partial charge in [-0.2, -0.15) is 0 Å². The monoisotopic (exact) mass is 200 g/mol. The molecule has 0 aliphatic heterocycles. The van der Waals surface area contributed by atoms with Gasteiger partial charge in [0, 0.05) is 6.54 Å². The van der Waals surface area contributed by atoms with E-state index in [0.717, 1.165) is 52.0 Å². The highest BCUT2D eigenvalue weighted by molar-refractivity contribution is 4.79. The van der Waals surface area contributed by atoms with Crippen LogP contribution in [0.4, 0.5) is 0 Å². The second kappa shape index (κ2) is 12.4. The van der Waals surface area contributed by atoms with Gasteiger partial charge in [-0.3, -0.25) is 0 Å². The van der Waals surface area contributed by atoms with Crippen molar-refractivity contribution in [3.63, 3.8) is 0 Å². The van der Waals surface area contributed by atoms with E-state index in [4.69, 9.17) is 11.5 Å². The smallest absolute Gasteiger partial charge is 0.0153 e. The van der Waals surface area contributed by atoms with E-state index in [0.29, 0.717) is 0 Å². The van der Waals surface area contributed by atoms with Gasteiger partial charge in [-0.25, -0.2) is 0 Å². The maximum atomic E-state index is 5.36. The summed E-state index contributed by atoms with van der Waals surface area (Å²) in [6, 6.07) is 0. The molecule has 0 spiro atoms. The van der Waals surface area contributed by atoms with Crippen LogP contribution in [0.15, 0.2) is 12.3 Å². The number of hydrogen-bond acceptors (Lipinski definition) is 4. The van der Waals surface area contributed by atoms with Crippen molar-refractivity contribution in [1.29, 1.82) is 0 Å². The molecule has 4 heteroatoms. The summed E-state index contributed by atoms with van der Waals surface area (Å²) in [7, 11) is 0. The van der Waals surface area contributed by atoms with E-state index in [2.05, 4.69) is 16.7 Å². The van der Waals surface area contributed by atoms with E-state index in [-0.39, 0.29) is 0 Å². The van der Waals surface area contributed by atoms with Gasteiger partial charge in [0.2, 0.25) is 0 Å². The van der Waals surface area contributed by atoms with Crippen LogP contribution in [0.25, 0.3) is 0 Å². The van der Waals surface area contributed by atoms with Gasteiger partial charge in [-0.05, 0) is 51.6 Å². The third kappa shape index (κ3) is 11.4. The maximum absolute atomic E-state index is 5.36. The van der Waals surface area contributed by atoms with E-state index in [1.807, 2.05) is 6.20 Å². The Kier molecular flexibility index (Phi) is 11.9. The first-order chi connectivity index (χ1) is 6.91. The summed E-state index contributed by atoms with van der Waals surface area (Å²) >= 11 is 0. The van der Waals surface area contributed by atoms with Crippen LogP contribution in [-0.4, -0.2) is 32.7 Å². The summed E-state index contributed by atoms with van der Waals surface area (Å²) in [4.78, 5) is 0. The molecule has 0 rings (SSSR count). The minimum Gasteiger partial charge on any atom is -0.391 e. The van der Waals surface area contributed by atoms with Crippen molar-refractivity contribution in [3.05, 3.63) is 12.3 Å². The fraction of sp³-hybridized carbons (Fsp3) is 0.800. The quantitative estimate of drug-likeness (QED) is 0.367. The van der Waals surface area contributed by atoms with Crippen molar-refractivity contribution in [1.82, 2.24) is 10.6 Å². The number of rotatable bonds is 10. The Bertz CT molecular complexity index is 125. The highest BCUT2D eigenvalue weighted by Crippen LogP contribution is 1.80. The van der Waals surface area contributed by atoms with Gasteiger partial charge in [-0.1, -0.05) is 6.08 Å². The third-order valence-corrected chi connectivity index (χ3v) is 1.81. The van der Waals surface area contributed by atoms with Gasteiger partial charge in [-0.15, -0.1) is 0 Å². The molecule has 0 radical (unpaired) electrons. The summed E-state index contributed by atoms with van der Waals surface area (Å²) in [5.74, 6) is 0. The minimum absolute atomic E-state index is 0.751. The van der Waals surface area contributed by atoms with E-state index < -0.39 is 0 Å². The normalized spacial score (nSPS) is 11.0. The molecular formula is C10H24N4. The Morgan fingerprint density at radius 1 is 0.929 bits per heavy atom. The standard InChI is InChI=1S/C10H24N4/c11-5-3-9-13-7-1-2-8-14-10-4-6-12/h1,7,13-14H,2-6,8-12H2/b7-1+. The molecule has 6 N–H and O–H groups in total. The fourth-order valence-electron chi connectivity index (χ4n) is 0.992. The van der Waals surface area contributed by atoms with Gasteiger partial charge in [0.25, 0.3) is 0 Å². The predicted octanol–water partition coefficient (Wildman–Crippen LogP) is -0.233. The first-order valence-corrected chi connectivity index (χ1v) is 5.41. The van der Waals surface area contributed by atoms with Gasteiger partial charge in [0.05, 0.1) is 0 Å². The summed E-state index contributed by atoms with van der Waals surface area (Å²) in [5.41, 5.74) is 10.7. The molecule has 0 aromatic carbocycles. The molecular weight excluding hydrogens is 176 g/mol.